The molecule has 1 atom stereocenters. The Hall–Kier alpha value is -9.24. The van der Waals surface area contributed by atoms with Gasteiger partial charge in [0, 0.05) is 33.3 Å². The summed E-state index contributed by atoms with van der Waals surface area (Å²) in [4.78, 5) is 2.55. The highest BCUT2D eigenvalue weighted by Crippen LogP contribution is 2.65. The predicted octanol–water partition coefficient (Wildman–Crippen LogP) is 18.2. The highest BCUT2D eigenvalue weighted by Gasteiger charge is 2.51. The van der Waals surface area contributed by atoms with Gasteiger partial charge in [0.2, 0.25) is 0 Å². The van der Waals surface area contributed by atoms with E-state index in [-0.39, 0.29) is 0 Å². The van der Waals surface area contributed by atoms with Crippen LogP contribution in [0.25, 0.3) is 93.5 Å². The minimum atomic E-state index is -0.593. The van der Waals surface area contributed by atoms with Crippen molar-refractivity contribution in [1.29, 1.82) is 0 Å². The molecular weight excluding hydrogens is 857 g/mol. The van der Waals surface area contributed by atoms with Crippen LogP contribution in [0.3, 0.4) is 0 Å². The molecule has 15 rings (SSSR count). The van der Waals surface area contributed by atoms with Crippen LogP contribution in [0.1, 0.15) is 22.3 Å². The number of fused-ring (bicyclic) bond motifs is 14. The van der Waals surface area contributed by atoms with E-state index in [9.17, 15) is 0 Å². The standard InChI is InChI=1S/C69H44N2/c1-3-19-45(20-4-1)48-24-15-27-51(43-48)71(62-36-13-10-28-52(62)49-40-42-64-57(44-49)54-30-11-14-37-63(54)70(64)50-25-5-2-6-26-50)65-38-18-35-60-68(65)55-31-9-12-33-58(55)69(60)59-34-17-23-47-22-16-32-56(66(47)59)67-53-29-8-7-21-46(53)39-41-61(67)69/h1-44H. The van der Waals surface area contributed by atoms with Crippen LogP contribution in [0, 0.1) is 0 Å². The second-order valence-corrected chi connectivity index (χ2v) is 19.1. The van der Waals surface area contributed by atoms with Crippen molar-refractivity contribution in [3.05, 3.63) is 289 Å². The molecule has 2 nitrogen and oxygen atoms in total. The predicted molar refractivity (Wildman–Crippen MR) is 298 cm³/mol. The van der Waals surface area contributed by atoms with Crippen molar-refractivity contribution in [2.45, 2.75) is 5.41 Å². The molecule has 1 heterocycles. The van der Waals surface area contributed by atoms with E-state index >= 15 is 0 Å². The maximum absolute atomic E-state index is 2.55. The molecule has 0 saturated heterocycles. The fourth-order valence-corrected chi connectivity index (χ4v) is 12.7. The molecule has 12 aromatic carbocycles. The van der Waals surface area contributed by atoms with Crippen LogP contribution in [0.4, 0.5) is 17.1 Å². The minimum absolute atomic E-state index is 0.593. The van der Waals surface area contributed by atoms with Crippen LogP contribution >= 0.6 is 0 Å². The van der Waals surface area contributed by atoms with Crippen molar-refractivity contribution < 1.29 is 0 Å². The molecular formula is C69H44N2. The van der Waals surface area contributed by atoms with Gasteiger partial charge < -0.3 is 9.47 Å². The van der Waals surface area contributed by atoms with Crippen LogP contribution in [0.2, 0.25) is 0 Å². The van der Waals surface area contributed by atoms with E-state index in [0.717, 1.165) is 33.9 Å². The lowest BCUT2D eigenvalue weighted by molar-refractivity contribution is 0.775. The molecule has 1 spiro atoms. The number of para-hydroxylation sites is 3. The molecule has 0 N–H and O–H groups in total. The van der Waals surface area contributed by atoms with E-state index in [2.05, 4.69) is 276 Å². The van der Waals surface area contributed by atoms with Crippen LogP contribution in [-0.4, -0.2) is 4.57 Å². The molecule has 0 aliphatic heterocycles. The number of aromatic nitrogens is 1. The zero-order chi connectivity index (χ0) is 46.6. The Morgan fingerprint density at radius 2 is 0.915 bits per heavy atom. The molecule has 0 bridgehead atoms. The number of rotatable bonds is 6. The SMILES string of the molecule is c1ccc(-c2cccc(N(c3ccccc3-c3ccc4c(c3)c3ccccc3n4-c3ccccc3)c3cccc4c3-c3ccccc3C43c4ccc5ccccc5c4-c4cccc5cccc3c45)c2)cc1. The van der Waals surface area contributed by atoms with Gasteiger partial charge >= 0.3 is 0 Å². The van der Waals surface area contributed by atoms with Gasteiger partial charge in [0.15, 0.2) is 0 Å². The highest BCUT2D eigenvalue weighted by atomic mass is 15.1. The smallest absolute Gasteiger partial charge is 0.0726 e. The normalized spacial score (nSPS) is 14.3. The molecule has 0 fully saturated rings. The molecule has 0 radical (unpaired) electrons. The van der Waals surface area contributed by atoms with E-state index in [1.165, 1.54) is 99.0 Å². The summed E-state index contributed by atoms with van der Waals surface area (Å²) in [6.45, 7) is 0. The summed E-state index contributed by atoms with van der Waals surface area (Å²) in [5.41, 5.74) is 21.3. The first-order valence-corrected chi connectivity index (χ1v) is 24.7. The first-order valence-electron chi connectivity index (χ1n) is 24.7. The zero-order valence-corrected chi connectivity index (χ0v) is 38.8. The summed E-state index contributed by atoms with van der Waals surface area (Å²) in [5.74, 6) is 0. The minimum Gasteiger partial charge on any atom is -0.309 e. The largest absolute Gasteiger partial charge is 0.309 e. The van der Waals surface area contributed by atoms with E-state index in [0.29, 0.717) is 0 Å². The van der Waals surface area contributed by atoms with Crippen LogP contribution in [0.15, 0.2) is 267 Å². The Morgan fingerprint density at radius 1 is 0.310 bits per heavy atom. The molecule has 13 aromatic rings. The number of hydrogen-bond acceptors (Lipinski definition) is 1. The molecule has 71 heavy (non-hydrogen) atoms. The average Bonchev–Trinajstić information content (AvgIpc) is 3.94. The Labute approximate surface area is 412 Å². The molecule has 2 heteroatoms. The molecule has 1 unspecified atom stereocenters. The topological polar surface area (TPSA) is 8.17 Å². The van der Waals surface area contributed by atoms with Gasteiger partial charge in [-0.15, -0.1) is 0 Å². The Kier molecular flexibility index (Phi) is 8.61. The summed E-state index contributed by atoms with van der Waals surface area (Å²) in [5, 5.41) is 7.58. The van der Waals surface area contributed by atoms with E-state index in [1.807, 2.05) is 0 Å². The van der Waals surface area contributed by atoms with Crippen molar-refractivity contribution in [2.75, 3.05) is 4.90 Å². The molecule has 2 aliphatic rings. The van der Waals surface area contributed by atoms with Crippen LogP contribution < -0.4 is 4.90 Å². The lowest BCUT2D eigenvalue weighted by Crippen LogP contribution is -2.32. The van der Waals surface area contributed by atoms with E-state index in [4.69, 9.17) is 0 Å². The van der Waals surface area contributed by atoms with Gasteiger partial charge in [0.05, 0.1) is 27.8 Å². The van der Waals surface area contributed by atoms with E-state index in [1.54, 1.807) is 0 Å². The van der Waals surface area contributed by atoms with Gasteiger partial charge in [-0.05, 0) is 132 Å². The number of anilines is 3. The summed E-state index contributed by atoms with van der Waals surface area (Å²) in [6.07, 6.45) is 0. The second-order valence-electron chi connectivity index (χ2n) is 19.1. The summed E-state index contributed by atoms with van der Waals surface area (Å²) < 4.78 is 2.40. The third-order valence-electron chi connectivity index (χ3n) is 15.6. The summed E-state index contributed by atoms with van der Waals surface area (Å²) >= 11 is 0. The summed E-state index contributed by atoms with van der Waals surface area (Å²) in [7, 11) is 0. The lowest BCUT2D eigenvalue weighted by atomic mass is 9.61. The third kappa shape index (κ3) is 5.65. The first-order chi connectivity index (χ1) is 35.3. The molecule has 0 saturated carbocycles. The van der Waals surface area contributed by atoms with Crippen molar-refractivity contribution >= 4 is 60.4 Å². The van der Waals surface area contributed by atoms with Gasteiger partial charge in [-0.1, -0.05) is 212 Å². The van der Waals surface area contributed by atoms with Gasteiger partial charge in [-0.3, -0.25) is 0 Å². The van der Waals surface area contributed by atoms with E-state index < -0.39 is 5.41 Å². The number of benzene rings is 12. The van der Waals surface area contributed by atoms with Gasteiger partial charge in [0.1, 0.15) is 0 Å². The summed E-state index contributed by atoms with van der Waals surface area (Å²) in [6, 6.07) is 99.4. The monoisotopic (exact) mass is 900 g/mol. The van der Waals surface area contributed by atoms with Crippen LogP contribution in [0.5, 0.6) is 0 Å². The Morgan fingerprint density at radius 3 is 1.80 bits per heavy atom. The maximum atomic E-state index is 2.55. The molecule has 1 aromatic heterocycles. The van der Waals surface area contributed by atoms with Crippen molar-refractivity contribution in [3.8, 4) is 50.2 Å². The fraction of sp³-hybridized carbons (Fsp3) is 0.0145. The maximum Gasteiger partial charge on any atom is 0.0726 e. The molecule has 0 amide bonds. The van der Waals surface area contributed by atoms with Gasteiger partial charge in [-0.25, -0.2) is 0 Å². The first kappa shape index (κ1) is 39.7. The van der Waals surface area contributed by atoms with Crippen molar-refractivity contribution in [3.63, 3.8) is 0 Å². The average molecular weight is 901 g/mol. The lowest BCUT2D eigenvalue weighted by Gasteiger charge is -2.40. The molecule has 330 valence electrons. The number of nitrogens with zero attached hydrogens (tertiary/aromatic N) is 2. The highest BCUT2D eigenvalue weighted by molar-refractivity contribution is 6.15. The fourth-order valence-electron chi connectivity index (χ4n) is 12.7. The van der Waals surface area contributed by atoms with Crippen molar-refractivity contribution in [2.24, 2.45) is 0 Å². The van der Waals surface area contributed by atoms with Crippen molar-refractivity contribution in [1.82, 2.24) is 4.57 Å². The number of hydrogen-bond donors (Lipinski definition) is 0. The van der Waals surface area contributed by atoms with Gasteiger partial charge in [-0.2, -0.15) is 0 Å². The Bertz CT molecular complexity index is 4290. The van der Waals surface area contributed by atoms with Gasteiger partial charge in [0.25, 0.3) is 0 Å². The Balaban J connectivity index is 1.02. The third-order valence-corrected chi connectivity index (χ3v) is 15.6. The molecule has 2 aliphatic carbocycles. The zero-order valence-electron chi connectivity index (χ0n) is 38.8. The van der Waals surface area contributed by atoms with Crippen LogP contribution in [-0.2, 0) is 5.41 Å². The quantitative estimate of drug-likeness (QED) is 0.161. The second kappa shape index (κ2) is 15.4.